The van der Waals surface area contributed by atoms with Crippen LogP contribution in [0.3, 0.4) is 0 Å². The summed E-state index contributed by atoms with van der Waals surface area (Å²) in [6, 6.07) is 6.63. The molecule has 0 fully saturated rings. The number of hydrogen-bond donors (Lipinski definition) is 0. The lowest BCUT2D eigenvalue weighted by atomic mass is 10.0. The average molecular weight is 276 g/mol. The molecule has 0 saturated carbocycles. The number of fused-ring (bicyclic) bond motifs is 1. The van der Waals surface area contributed by atoms with Gasteiger partial charge in [0.1, 0.15) is 0 Å². The fraction of sp³-hybridized carbons (Fsp3) is 0.267. The number of hydrogen-bond acceptors (Lipinski definition) is 3. The second-order valence-corrected chi connectivity index (χ2v) is 5.51. The van der Waals surface area contributed by atoms with E-state index in [0.29, 0.717) is 22.8 Å². The van der Waals surface area contributed by atoms with E-state index in [1.165, 1.54) is 17.4 Å². The van der Waals surface area contributed by atoms with E-state index in [0.717, 1.165) is 24.8 Å². The Kier molecular flexibility index (Phi) is 3.34. The van der Waals surface area contributed by atoms with Crippen LogP contribution in [0.15, 0.2) is 29.6 Å². The minimum atomic E-state index is -0.431. The van der Waals surface area contributed by atoms with Crippen molar-refractivity contribution in [3.63, 3.8) is 0 Å². The van der Waals surface area contributed by atoms with Crippen LogP contribution in [0, 0.1) is 5.82 Å². The number of ether oxygens (including phenoxy) is 1. The Labute approximate surface area is 114 Å². The molecule has 2 nitrogen and oxygen atoms in total. The predicted molar refractivity (Wildman–Crippen MR) is 72.6 cm³/mol. The highest BCUT2D eigenvalue weighted by molar-refractivity contribution is 7.12. The molecule has 0 saturated heterocycles. The van der Waals surface area contributed by atoms with Crippen molar-refractivity contribution in [1.82, 2.24) is 0 Å². The Bertz CT molecular complexity index is 605. The minimum absolute atomic E-state index is 0.124. The molecule has 0 amide bonds. The van der Waals surface area contributed by atoms with Crippen molar-refractivity contribution in [1.29, 1.82) is 0 Å². The molecule has 0 atom stereocenters. The number of carbonyl (C=O) groups is 1. The Morgan fingerprint density at radius 2 is 2.21 bits per heavy atom. The van der Waals surface area contributed by atoms with Gasteiger partial charge in [-0.05, 0) is 48.4 Å². The fourth-order valence-corrected chi connectivity index (χ4v) is 2.96. The molecule has 0 bridgehead atoms. The molecule has 1 aliphatic heterocycles. The number of rotatable bonds is 2. The van der Waals surface area contributed by atoms with Gasteiger partial charge in [-0.3, -0.25) is 4.79 Å². The van der Waals surface area contributed by atoms with Crippen LogP contribution in [0.5, 0.6) is 5.75 Å². The van der Waals surface area contributed by atoms with Gasteiger partial charge >= 0.3 is 0 Å². The van der Waals surface area contributed by atoms with Crippen LogP contribution in [0.1, 0.15) is 33.6 Å². The van der Waals surface area contributed by atoms with E-state index in [9.17, 15) is 9.18 Å². The van der Waals surface area contributed by atoms with Crippen molar-refractivity contribution in [2.75, 3.05) is 6.61 Å². The lowest BCUT2D eigenvalue weighted by molar-refractivity contribution is 0.104. The van der Waals surface area contributed by atoms with Gasteiger partial charge in [0.2, 0.25) is 5.78 Å². The number of benzene rings is 1. The van der Waals surface area contributed by atoms with Crippen molar-refractivity contribution in [2.45, 2.75) is 19.3 Å². The number of ketones is 1. The van der Waals surface area contributed by atoms with Gasteiger partial charge in [0.25, 0.3) is 0 Å². The molecule has 19 heavy (non-hydrogen) atoms. The van der Waals surface area contributed by atoms with Crippen LogP contribution in [0.2, 0.25) is 0 Å². The standard InChI is InChI=1S/C15H13FO2S/c16-12-9-11(14(17)13-5-3-7-19-13)8-10-4-1-2-6-18-15(10)12/h3,5,7-9H,1-2,4,6H2. The van der Waals surface area contributed by atoms with Crippen molar-refractivity contribution in [2.24, 2.45) is 0 Å². The Balaban J connectivity index is 2.02. The highest BCUT2D eigenvalue weighted by atomic mass is 32.1. The van der Waals surface area contributed by atoms with Crippen molar-refractivity contribution in [3.8, 4) is 5.75 Å². The van der Waals surface area contributed by atoms with Crippen LogP contribution in [0.4, 0.5) is 4.39 Å². The zero-order valence-corrected chi connectivity index (χ0v) is 11.1. The molecule has 4 heteroatoms. The van der Waals surface area contributed by atoms with Gasteiger partial charge < -0.3 is 4.74 Å². The van der Waals surface area contributed by atoms with Gasteiger partial charge in [-0.15, -0.1) is 11.3 Å². The highest BCUT2D eigenvalue weighted by Gasteiger charge is 2.19. The van der Waals surface area contributed by atoms with Crippen LogP contribution in [-0.4, -0.2) is 12.4 Å². The summed E-state index contributed by atoms with van der Waals surface area (Å²) >= 11 is 1.37. The lowest BCUT2D eigenvalue weighted by Crippen LogP contribution is -2.04. The maximum atomic E-state index is 14.0. The van der Waals surface area contributed by atoms with Crippen LogP contribution < -0.4 is 4.74 Å². The molecular weight excluding hydrogens is 263 g/mol. The number of halogens is 1. The third-order valence-electron chi connectivity index (χ3n) is 3.21. The Morgan fingerprint density at radius 1 is 1.32 bits per heavy atom. The van der Waals surface area contributed by atoms with E-state index >= 15 is 0 Å². The third-order valence-corrected chi connectivity index (χ3v) is 4.08. The topological polar surface area (TPSA) is 26.3 Å². The summed E-state index contributed by atoms with van der Waals surface area (Å²) in [6.45, 7) is 0.544. The monoisotopic (exact) mass is 276 g/mol. The van der Waals surface area contributed by atoms with E-state index in [1.54, 1.807) is 12.1 Å². The molecule has 2 heterocycles. The van der Waals surface area contributed by atoms with Crippen LogP contribution >= 0.6 is 11.3 Å². The summed E-state index contributed by atoms with van der Waals surface area (Å²) in [4.78, 5) is 12.9. The first-order chi connectivity index (χ1) is 9.25. The van der Waals surface area contributed by atoms with Gasteiger partial charge in [0.05, 0.1) is 11.5 Å². The van der Waals surface area contributed by atoms with E-state index in [1.807, 2.05) is 11.4 Å². The lowest BCUT2D eigenvalue weighted by Gasteiger charge is -2.10. The van der Waals surface area contributed by atoms with Gasteiger partial charge in [0, 0.05) is 5.56 Å². The van der Waals surface area contributed by atoms with Gasteiger partial charge in [-0.1, -0.05) is 6.07 Å². The van der Waals surface area contributed by atoms with Crippen molar-refractivity contribution in [3.05, 3.63) is 51.5 Å². The van der Waals surface area contributed by atoms with Gasteiger partial charge in [-0.25, -0.2) is 4.39 Å². The second kappa shape index (κ2) is 5.13. The fourth-order valence-electron chi connectivity index (χ4n) is 2.27. The van der Waals surface area contributed by atoms with Crippen LogP contribution in [-0.2, 0) is 6.42 Å². The molecule has 1 aliphatic rings. The molecule has 2 aromatic rings. The largest absolute Gasteiger partial charge is 0.490 e. The second-order valence-electron chi connectivity index (χ2n) is 4.56. The molecule has 0 radical (unpaired) electrons. The molecule has 98 valence electrons. The molecular formula is C15H13FO2S. The van der Waals surface area contributed by atoms with Crippen molar-refractivity contribution < 1.29 is 13.9 Å². The molecule has 1 aromatic carbocycles. The minimum Gasteiger partial charge on any atom is -0.490 e. The summed E-state index contributed by atoms with van der Waals surface area (Å²) < 4.78 is 19.5. The summed E-state index contributed by atoms with van der Waals surface area (Å²) in [5.74, 6) is -0.236. The normalized spacial score (nSPS) is 14.4. The Hall–Kier alpha value is -1.68. The summed E-state index contributed by atoms with van der Waals surface area (Å²) in [5.41, 5.74) is 1.21. The van der Waals surface area contributed by atoms with E-state index in [4.69, 9.17) is 4.74 Å². The first-order valence-corrected chi connectivity index (χ1v) is 7.17. The third kappa shape index (κ3) is 2.40. The zero-order chi connectivity index (χ0) is 13.2. The Morgan fingerprint density at radius 3 is 3.00 bits per heavy atom. The molecule has 0 aliphatic carbocycles. The molecule has 3 rings (SSSR count). The summed E-state index contributed by atoms with van der Waals surface area (Å²) in [7, 11) is 0. The number of aryl methyl sites for hydroxylation is 1. The first kappa shape index (κ1) is 12.4. The molecule has 0 N–H and O–H groups in total. The molecule has 0 spiro atoms. The summed E-state index contributed by atoms with van der Waals surface area (Å²) in [5, 5.41) is 1.84. The quantitative estimate of drug-likeness (QED) is 0.779. The highest BCUT2D eigenvalue weighted by Crippen LogP contribution is 2.30. The molecule has 1 aromatic heterocycles. The SMILES string of the molecule is O=C(c1cc(F)c2c(c1)CCCCO2)c1cccs1. The van der Waals surface area contributed by atoms with Crippen LogP contribution in [0.25, 0.3) is 0 Å². The van der Waals surface area contributed by atoms with Gasteiger partial charge in [-0.2, -0.15) is 0 Å². The first-order valence-electron chi connectivity index (χ1n) is 6.29. The summed E-state index contributed by atoms with van der Waals surface area (Å²) in [6.07, 6.45) is 2.64. The maximum absolute atomic E-state index is 14.0. The average Bonchev–Trinajstić information content (AvgIpc) is 2.83. The van der Waals surface area contributed by atoms with Gasteiger partial charge in [0.15, 0.2) is 11.6 Å². The predicted octanol–water partition coefficient (Wildman–Crippen LogP) is 3.83. The van der Waals surface area contributed by atoms with E-state index in [-0.39, 0.29) is 5.78 Å². The van der Waals surface area contributed by atoms with E-state index in [2.05, 4.69) is 0 Å². The van der Waals surface area contributed by atoms with Crippen molar-refractivity contribution >= 4 is 17.1 Å². The number of thiophene rings is 1. The molecule has 0 unspecified atom stereocenters. The number of carbonyl (C=O) groups excluding carboxylic acids is 1. The van der Waals surface area contributed by atoms with E-state index < -0.39 is 5.82 Å². The smallest absolute Gasteiger partial charge is 0.203 e. The maximum Gasteiger partial charge on any atom is 0.203 e. The zero-order valence-electron chi connectivity index (χ0n) is 10.3.